The second-order valence-electron chi connectivity index (χ2n) is 8.48. The molecule has 1 fully saturated rings. The first-order chi connectivity index (χ1) is 14.2. The molecule has 1 unspecified atom stereocenters. The number of benzene rings is 2. The maximum atomic E-state index is 5.99. The van der Waals surface area contributed by atoms with Gasteiger partial charge in [0.1, 0.15) is 5.75 Å². The standard InChI is InChI=1S/C25H34N2O2/c1-20(2)29-19-23-18-21-8-3-4-9-25(21)27(23)22-10-12-24(13-11-22)28-17-7-16-26-14-5-6-15-26/h3-4,8-13,20,23H,5-7,14-19H2,1-2H3. The molecule has 0 saturated carbocycles. The summed E-state index contributed by atoms with van der Waals surface area (Å²) in [6.07, 6.45) is 5.07. The van der Waals surface area contributed by atoms with Crippen LogP contribution in [-0.4, -0.2) is 49.9 Å². The van der Waals surface area contributed by atoms with E-state index in [4.69, 9.17) is 9.47 Å². The summed E-state index contributed by atoms with van der Waals surface area (Å²) in [5.41, 5.74) is 3.90. The third-order valence-electron chi connectivity index (χ3n) is 5.89. The van der Waals surface area contributed by atoms with Gasteiger partial charge in [0.15, 0.2) is 0 Å². The molecule has 29 heavy (non-hydrogen) atoms. The Hall–Kier alpha value is -2.04. The van der Waals surface area contributed by atoms with Gasteiger partial charge in [-0.2, -0.15) is 0 Å². The Balaban J connectivity index is 1.38. The molecule has 2 aromatic rings. The number of likely N-dealkylation sites (tertiary alicyclic amines) is 1. The predicted molar refractivity (Wildman–Crippen MR) is 119 cm³/mol. The lowest BCUT2D eigenvalue weighted by molar-refractivity contribution is 0.0697. The van der Waals surface area contributed by atoms with Crippen LogP contribution >= 0.6 is 0 Å². The first-order valence-electron chi connectivity index (χ1n) is 11.1. The molecule has 4 heteroatoms. The van der Waals surface area contributed by atoms with E-state index in [1.165, 1.54) is 42.9 Å². The number of fused-ring (bicyclic) bond motifs is 1. The molecule has 4 rings (SSSR count). The van der Waals surface area contributed by atoms with Crippen molar-refractivity contribution in [3.8, 4) is 5.75 Å². The summed E-state index contributed by atoms with van der Waals surface area (Å²) in [4.78, 5) is 4.96. The minimum Gasteiger partial charge on any atom is -0.494 e. The van der Waals surface area contributed by atoms with Gasteiger partial charge in [0.05, 0.1) is 25.4 Å². The minimum absolute atomic E-state index is 0.247. The van der Waals surface area contributed by atoms with E-state index >= 15 is 0 Å². The fraction of sp³-hybridized carbons (Fsp3) is 0.520. The van der Waals surface area contributed by atoms with E-state index in [0.717, 1.165) is 38.3 Å². The third-order valence-corrected chi connectivity index (χ3v) is 5.89. The van der Waals surface area contributed by atoms with Crippen LogP contribution in [0.2, 0.25) is 0 Å². The van der Waals surface area contributed by atoms with Crippen molar-refractivity contribution in [2.24, 2.45) is 0 Å². The van der Waals surface area contributed by atoms with E-state index in [1.54, 1.807) is 0 Å². The van der Waals surface area contributed by atoms with Crippen LogP contribution in [0.15, 0.2) is 48.5 Å². The van der Waals surface area contributed by atoms with E-state index in [0.29, 0.717) is 6.04 Å². The number of para-hydroxylation sites is 1. The quantitative estimate of drug-likeness (QED) is 0.556. The molecular formula is C25H34N2O2. The Bertz CT molecular complexity index is 769. The van der Waals surface area contributed by atoms with E-state index in [1.807, 2.05) is 0 Å². The molecule has 2 aliphatic heterocycles. The van der Waals surface area contributed by atoms with Crippen LogP contribution in [0.4, 0.5) is 11.4 Å². The summed E-state index contributed by atoms with van der Waals surface area (Å²) in [5, 5.41) is 0. The van der Waals surface area contributed by atoms with Crippen LogP contribution in [0.25, 0.3) is 0 Å². The monoisotopic (exact) mass is 394 g/mol. The molecule has 0 amide bonds. The largest absolute Gasteiger partial charge is 0.494 e. The van der Waals surface area contributed by atoms with Crippen LogP contribution in [0.5, 0.6) is 5.75 Å². The topological polar surface area (TPSA) is 24.9 Å². The molecule has 0 N–H and O–H groups in total. The lowest BCUT2D eigenvalue weighted by atomic mass is 10.1. The van der Waals surface area contributed by atoms with Crippen molar-refractivity contribution in [1.82, 2.24) is 4.90 Å². The summed E-state index contributed by atoms with van der Waals surface area (Å²) in [7, 11) is 0. The molecule has 4 nitrogen and oxygen atoms in total. The molecule has 0 spiro atoms. The van der Waals surface area contributed by atoms with Crippen molar-refractivity contribution in [1.29, 1.82) is 0 Å². The zero-order valence-electron chi connectivity index (χ0n) is 17.8. The van der Waals surface area contributed by atoms with Gasteiger partial charge in [-0.1, -0.05) is 18.2 Å². The predicted octanol–water partition coefficient (Wildman–Crippen LogP) is 5.04. The highest BCUT2D eigenvalue weighted by molar-refractivity contribution is 5.71. The maximum Gasteiger partial charge on any atom is 0.119 e. The average molecular weight is 395 g/mol. The zero-order chi connectivity index (χ0) is 20.1. The Labute approximate surface area is 175 Å². The van der Waals surface area contributed by atoms with Gasteiger partial charge < -0.3 is 19.3 Å². The van der Waals surface area contributed by atoms with Gasteiger partial charge in [-0.15, -0.1) is 0 Å². The van der Waals surface area contributed by atoms with Gasteiger partial charge in [-0.25, -0.2) is 0 Å². The van der Waals surface area contributed by atoms with Gasteiger partial charge >= 0.3 is 0 Å². The second kappa shape index (κ2) is 9.64. The molecule has 0 radical (unpaired) electrons. The fourth-order valence-corrected chi connectivity index (χ4v) is 4.43. The molecule has 156 valence electrons. The maximum absolute atomic E-state index is 5.99. The summed E-state index contributed by atoms with van der Waals surface area (Å²) in [5.74, 6) is 0.956. The van der Waals surface area contributed by atoms with Crippen molar-refractivity contribution >= 4 is 11.4 Å². The molecule has 2 heterocycles. The normalized spacial score (nSPS) is 19.1. The Kier molecular flexibility index (Phi) is 6.73. The molecular weight excluding hydrogens is 360 g/mol. The van der Waals surface area contributed by atoms with Gasteiger partial charge in [-0.05, 0) is 88.5 Å². The highest BCUT2D eigenvalue weighted by Gasteiger charge is 2.30. The van der Waals surface area contributed by atoms with Gasteiger partial charge in [0.2, 0.25) is 0 Å². The number of rotatable bonds is 9. The van der Waals surface area contributed by atoms with E-state index in [-0.39, 0.29) is 6.10 Å². The first-order valence-corrected chi connectivity index (χ1v) is 11.1. The Morgan fingerprint density at radius 2 is 1.76 bits per heavy atom. The molecule has 0 aromatic heterocycles. The van der Waals surface area contributed by atoms with Gasteiger partial charge in [0.25, 0.3) is 0 Å². The summed E-state index contributed by atoms with van der Waals surface area (Å²) < 4.78 is 12.0. The number of hydrogen-bond acceptors (Lipinski definition) is 4. The van der Waals surface area contributed by atoms with Gasteiger partial charge in [0, 0.05) is 17.9 Å². The van der Waals surface area contributed by atoms with Crippen molar-refractivity contribution < 1.29 is 9.47 Å². The highest BCUT2D eigenvalue weighted by Crippen LogP contribution is 2.38. The van der Waals surface area contributed by atoms with Crippen LogP contribution in [-0.2, 0) is 11.2 Å². The molecule has 0 aliphatic carbocycles. The molecule has 1 saturated heterocycles. The number of anilines is 2. The van der Waals surface area contributed by atoms with E-state index in [9.17, 15) is 0 Å². The first kappa shape index (κ1) is 20.2. The molecule has 1 atom stereocenters. The van der Waals surface area contributed by atoms with E-state index in [2.05, 4.69) is 72.2 Å². The summed E-state index contributed by atoms with van der Waals surface area (Å²) in [6, 6.07) is 17.6. The highest BCUT2D eigenvalue weighted by atomic mass is 16.5. The molecule has 2 aliphatic rings. The lowest BCUT2D eigenvalue weighted by Crippen LogP contribution is -2.33. The van der Waals surface area contributed by atoms with Crippen LogP contribution in [0.3, 0.4) is 0 Å². The number of nitrogens with zero attached hydrogens (tertiary/aromatic N) is 2. The van der Waals surface area contributed by atoms with E-state index < -0.39 is 0 Å². The lowest BCUT2D eigenvalue weighted by Gasteiger charge is -2.28. The molecule has 0 bridgehead atoms. The summed E-state index contributed by atoms with van der Waals surface area (Å²) >= 11 is 0. The van der Waals surface area contributed by atoms with Gasteiger partial charge in [-0.3, -0.25) is 0 Å². The average Bonchev–Trinajstić information content (AvgIpc) is 3.37. The Morgan fingerprint density at radius 1 is 1.00 bits per heavy atom. The zero-order valence-corrected chi connectivity index (χ0v) is 17.8. The number of hydrogen-bond donors (Lipinski definition) is 0. The SMILES string of the molecule is CC(C)OCC1Cc2ccccc2N1c1ccc(OCCCN2CCCC2)cc1. The fourth-order valence-electron chi connectivity index (χ4n) is 4.43. The Morgan fingerprint density at radius 3 is 2.52 bits per heavy atom. The van der Waals surface area contributed by atoms with Crippen LogP contribution < -0.4 is 9.64 Å². The van der Waals surface area contributed by atoms with Crippen molar-refractivity contribution in [3.05, 3.63) is 54.1 Å². The number of ether oxygens (including phenoxy) is 2. The van der Waals surface area contributed by atoms with Crippen molar-refractivity contribution in [2.45, 2.75) is 51.7 Å². The third kappa shape index (κ3) is 5.12. The summed E-state index contributed by atoms with van der Waals surface area (Å²) in [6.45, 7) is 9.39. The van der Waals surface area contributed by atoms with Crippen molar-refractivity contribution in [2.75, 3.05) is 37.7 Å². The second-order valence-corrected chi connectivity index (χ2v) is 8.48. The molecule has 2 aromatic carbocycles. The minimum atomic E-state index is 0.247. The smallest absolute Gasteiger partial charge is 0.119 e. The van der Waals surface area contributed by atoms with Crippen LogP contribution in [0, 0.1) is 0 Å². The van der Waals surface area contributed by atoms with Crippen molar-refractivity contribution in [3.63, 3.8) is 0 Å². The van der Waals surface area contributed by atoms with Crippen LogP contribution in [0.1, 0.15) is 38.7 Å².